The van der Waals surface area contributed by atoms with Crippen LogP contribution in [0.4, 0.5) is 5.82 Å². The fourth-order valence-corrected chi connectivity index (χ4v) is 1.32. The molecule has 2 aromatic rings. The molecular formula is C10H9N3. The number of hydrogen-bond donors (Lipinski definition) is 0. The molecule has 1 heterocycles. The molecule has 0 N–H and O–H groups in total. The minimum Gasteiger partial charge on any atom is -0.244 e. The summed E-state index contributed by atoms with van der Waals surface area (Å²) >= 11 is 0. The molecule has 3 nitrogen and oxygen atoms in total. The molecule has 0 bridgehead atoms. The second-order valence-electron chi connectivity index (χ2n) is 2.63. The summed E-state index contributed by atoms with van der Waals surface area (Å²) in [4.78, 5) is 3.91. The van der Waals surface area contributed by atoms with Crippen LogP contribution < -0.4 is 0 Å². The van der Waals surface area contributed by atoms with Crippen LogP contribution in [0.5, 0.6) is 0 Å². The van der Waals surface area contributed by atoms with Crippen LogP contribution in [0.3, 0.4) is 0 Å². The van der Waals surface area contributed by atoms with E-state index in [1.54, 1.807) is 10.9 Å². The number of nitrogens with zero attached hydrogens (tertiary/aromatic N) is 3. The van der Waals surface area contributed by atoms with Gasteiger partial charge in [0.1, 0.15) is 0 Å². The van der Waals surface area contributed by atoms with E-state index in [0.717, 1.165) is 16.7 Å². The van der Waals surface area contributed by atoms with E-state index >= 15 is 0 Å². The molecule has 0 saturated carbocycles. The van der Waals surface area contributed by atoms with Gasteiger partial charge in [0.2, 0.25) is 0 Å². The van der Waals surface area contributed by atoms with Gasteiger partial charge in [-0.3, -0.25) is 0 Å². The van der Waals surface area contributed by atoms with E-state index in [4.69, 9.17) is 0 Å². The van der Waals surface area contributed by atoms with Gasteiger partial charge < -0.3 is 0 Å². The van der Waals surface area contributed by atoms with Crippen molar-refractivity contribution in [2.75, 3.05) is 0 Å². The van der Waals surface area contributed by atoms with Crippen LogP contribution in [0.25, 0.3) is 17.1 Å². The summed E-state index contributed by atoms with van der Waals surface area (Å²) < 4.78 is 1.62. The second kappa shape index (κ2) is 2.86. The quantitative estimate of drug-likeness (QED) is 0.638. The molecule has 0 aliphatic heterocycles. The lowest BCUT2D eigenvalue weighted by molar-refractivity contribution is 0.954. The van der Waals surface area contributed by atoms with Gasteiger partial charge in [-0.25, -0.2) is 9.67 Å². The highest BCUT2D eigenvalue weighted by Gasteiger charge is 2.05. The Hall–Kier alpha value is -1.90. The van der Waals surface area contributed by atoms with Gasteiger partial charge >= 0.3 is 0 Å². The molecule has 0 atom stereocenters. The van der Waals surface area contributed by atoms with Crippen LogP contribution in [0, 0.1) is 0 Å². The Morgan fingerprint density at radius 2 is 2.15 bits per heavy atom. The predicted octanol–water partition coefficient (Wildman–Crippen LogP) is 2.47. The first-order chi connectivity index (χ1) is 6.36. The maximum atomic E-state index is 4.27. The van der Waals surface area contributed by atoms with E-state index in [2.05, 4.69) is 23.4 Å². The number of aromatic nitrogens is 2. The first-order valence-corrected chi connectivity index (χ1v) is 3.93. The fraction of sp³-hybridized carbons (Fsp3) is 0. The average molecular weight is 171 g/mol. The van der Waals surface area contributed by atoms with Gasteiger partial charge in [-0.1, -0.05) is 18.7 Å². The molecule has 1 aromatic heterocycles. The summed E-state index contributed by atoms with van der Waals surface area (Å²) in [5.41, 5.74) is 0.907. The topological polar surface area (TPSA) is 30.2 Å². The van der Waals surface area contributed by atoms with Crippen LogP contribution in [0.2, 0.25) is 0 Å². The SMILES string of the molecule is C=Cn1nc2ccccc2c1N=C. The average Bonchev–Trinajstić information content (AvgIpc) is 2.55. The molecule has 3 heteroatoms. The molecule has 0 radical (unpaired) electrons. The lowest BCUT2D eigenvalue weighted by Crippen LogP contribution is -1.85. The van der Waals surface area contributed by atoms with E-state index in [0.29, 0.717) is 0 Å². The van der Waals surface area contributed by atoms with E-state index in [9.17, 15) is 0 Å². The third-order valence-corrected chi connectivity index (χ3v) is 1.90. The first kappa shape index (κ1) is 7.73. The largest absolute Gasteiger partial charge is 0.244 e. The number of fused-ring (bicyclic) bond motifs is 1. The summed E-state index contributed by atoms with van der Waals surface area (Å²) in [6.07, 6.45) is 1.62. The lowest BCUT2D eigenvalue weighted by Gasteiger charge is -1.92. The van der Waals surface area contributed by atoms with Gasteiger partial charge in [-0.15, -0.1) is 0 Å². The van der Waals surface area contributed by atoms with Gasteiger partial charge in [0.25, 0.3) is 0 Å². The monoisotopic (exact) mass is 171 g/mol. The smallest absolute Gasteiger partial charge is 0.162 e. The van der Waals surface area contributed by atoms with Crippen molar-refractivity contribution in [3.05, 3.63) is 30.8 Å². The highest BCUT2D eigenvalue weighted by Crippen LogP contribution is 2.24. The molecular weight excluding hydrogens is 162 g/mol. The van der Waals surface area contributed by atoms with Crippen molar-refractivity contribution in [3.63, 3.8) is 0 Å². The Balaban J connectivity index is 2.88. The highest BCUT2D eigenvalue weighted by molar-refractivity contribution is 5.90. The zero-order chi connectivity index (χ0) is 9.26. The Bertz CT molecular complexity index is 468. The van der Waals surface area contributed by atoms with Crippen molar-refractivity contribution < 1.29 is 0 Å². The van der Waals surface area contributed by atoms with Crippen LogP contribution in [-0.4, -0.2) is 16.5 Å². The Kier molecular flexibility index (Phi) is 1.70. The maximum Gasteiger partial charge on any atom is 0.162 e. The molecule has 0 aliphatic carbocycles. The highest BCUT2D eigenvalue weighted by atomic mass is 15.3. The molecule has 0 aliphatic rings. The number of rotatable bonds is 2. The van der Waals surface area contributed by atoms with Gasteiger partial charge in [0.15, 0.2) is 5.82 Å². The molecule has 0 fully saturated rings. The van der Waals surface area contributed by atoms with Crippen LogP contribution in [-0.2, 0) is 0 Å². The van der Waals surface area contributed by atoms with E-state index < -0.39 is 0 Å². The molecule has 0 unspecified atom stereocenters. The summed E-state index contributed by atoms with van der Waals surface area (Å²) in [6, 6.07) is 7.79. The lowest BCUT2D eigenvalue weighted by atomic mass is 10.2. The zero-order valence-electron chi connectivity index (χ0n) is 7.14. The zero-order valence-corrected chi connectivity index (χ0v) is 7.14. The number of aliphatic imine (C=N–C) groups is 1. The summed E-state index contributed by atoms with van der Waals surface area (Å²) in [5.74, 6) is 0.741. The fourth-order valence-electron chi connectivity index (χ4n) is 1.32. The van der Waals surface area contributed by atoms with Gasteiger partial charge in [0, 0.05) is 11.6 Å². The molecule has 1 aromatic carbocycles. The Labute approximate surface area is 76.0 Å². The van der Waals surface area contributed by atoms with Crippen molar-refractivity contribution >= 4 is 29.6 Å². The summed E-state index contributed by atoms with van der Waals surface area (Å²) in [6.45, 7) is 7.15. The molecule has 0 spiro atoms. The Morgan fingerprint density at radius 1 is 1.38 bits per heavy atom. The van der Waals surface area contributed by atoms with Crippen molar-refractivity contribution in [3.8, 4) is 0 Å². The Morgan fingerprint density at radius 3 is 2.85 bits per heavy atom. The third-order valence-electron chi connectivity index (χ3n) is 1.90. The second-order valence-corrected chi connectivity index (χ2v) is 2.63. The number of hydrogen-bond acceptors (Lipinski definition) is 2. The van der Waals surface area contributed by atoms with Gasteiger partial charge in [-0.05, 0) is 18.9 Å². The van der Waals surface area contributed by atoms with Crippen LogP contribution in [0.15, 0.2) is 35.8 Å². The minimum atomic E-state index is 0.741. The molecule has 13 heavy (non-hydrogen) atoms. The van der Waals surface area contributed by atoms with Crippen LogP contribution in [0.1, 0.15) is 0 Å². The van der Waals surface area contributed by atoms with E-state index in [1.165, 1.54) is 0 Å². The van der Waals surface area contributed by atoms with E-state index in [-0.39, 0.29) is 0 Å². The minimum absolute atomic E-state index is 0.741. The van der Waals surface area contributed by atoms with Gasteiger partial charge in [-0.2, -0.15) is 5.10 Å². The molecule has 2 rings (SSSR count). The van der Waals surface area contributed by atoms with Crippen molar-refractivity contribution in [1.82, 2.24) is 9.78 Å². The first-order valence-electron chi connectivity index (χ1n) is 3.93. The molecule has 0 amide bonds. The van der Waals surface area contributed by atoms with Crippen LogP contribution >= 0.6 is 0 Å². The molecule has 0 saturated heterocycles. The normalized spacial score (nSPS) is 10.2. The standard InChI is InChI=1S/C10H9N3/c1-3-13-10(11-2)8-6-4-5-7-9(8)12-13/h3-7H,1-2H2. The maximum absolute atomic E-state index is 4.27. The third kappa shape index (κ3) is 1.05. The van der Waals surface area contributed by atoms with Crippen molar-refractivity contribution in [2.24, 2.45) is 4.99 Å². The van der Waals surface area contributed by atoms with E-state index in [1.807, 2.05) is 24.3 Å². The number of benzene rings is 1. The van der Waals surface area contributed by atoms with Crippen molar-refractivity contribution in [1.29, 1.82) is 0 Å². The predicted molar refractivity (Wildman–Crippen MR) is 55.3 cm³/mol. The van der Waals surface area contributed by atoms with Crippen molar-refractivity contribution in [2.45, 2.75) is 0 Å². The van der Waals surface area contributed by atoms with Gasteiger partial charge in [0.05, 0.1) is 5.52 Å². The summed E-state index contributed by atoms with van der Waals surface area (Å²) in [7, 11) is 0. The molecule has 64 valence electrons. The summed E-state index contributed by atoms with van der Waals surface area (Å²) in [5, 5.41) is 5.26.